The third-order valence-electron chi connectivity index (χ3n) is 5.11. The van der Waals surface area contributed by atoms with Crippen molar-refractivity contribution in [3.05, 3.63) is 86.0 Å². The fourth-order valence-corrected chi connectivity index (χ4v) is 5.01. The van der Waals surface area contributed by atoms with Crippen molar-refractivity contribution in [2.75, 3.05) is 13.2 Å². The number of rotatable bonds is 2. The van der Waals surface area contributed by atoms with Crippen LogP contribution in [0.1, 0.15) is 32.1 Å². The van der Waals surface area contributed by atoms with E-state index in [1.165, 1.54) is 16.9 Å². The van der Waals surface area contributed by atoms with Crippen LogP contribution in [0, 0.1) is 6.92 Å². The second-order valence-corrected chi connectivity index (χ2v) is 11.1. The maximum absolute atomic E-state index is 10.7. The number of ether oxygens (including phenoxy) is 1. The Kier molecular flexibility index (Phi) is 11.0. The first-order valence-electron chi connectivity index (χ1n) is 11.3. The molecule has 1 fully saturated rings. The Morgan fingerprint density at radius 3 is 2.26 bits per heavy atom. The van der Waals surface area contributed by atoms with E-state index in [-0.39, 0.29) is 5.69 Å². The molecule has 0 spiro atoms. The normalized spacial score (nSPS) is 14.1. The molecule has 9 nitrogen and oxygen atoms in total. The third-order valence-corrected chi connectivity index (χ3v) is 7.18. The van der Waals surface area contributed by atoms with Crippen molar-refractivity contribution in [3.63, 3.8) is 0 Å². The average molecular weight is 666 g/mol. The molecule has 0 bridgehead atoms. The van der Waals surface area contributed by atoms with E-state index in [2.05, 4.69) is 47.0 Å². The van der Waals surface area contributed by atoms with Crippen LogP contribution in [-0.2, 0) is 4.74 Å². The lowest BCUT2D eigenvalue weighted by Gasteiger charge is -1.90. The Morgan fingerprint density at radius 2 is 1.76 bits per heavy atom. The number of carboxylic acids is 2. The molecule has 1 aliphatic heterocycles. The molecule has 0 amide bonds. The Bertz CT molecular complexity index is 1400. The van der Waals surface area contributed by atoms with Crippen LogP contribution in [0.15, 0.2) is 69.9 Å². The first-order chi connectivity index (χ1) is 18.1. The molecule has 2 aromatic carbocycles. The maximum atomic E-state index is 10.7. The molecule has 200 valence electrons. The van der Waals surface area contributed by atoms with Gasteiger partial charge in [-0.3, -0.25) is 5.10 Å². The van der Waals surface area contributed by atoms with Crippen LogP contribution in [0.3, 0.4) is 0 Å². The molecular weight excluding hydrogens is 640 g/mol. The molecule has 1 unspecified atom stereocenters. The zero-order chi connectivity index (χ0) is 27.7. The summed E-state index contributed by atoms with van der Waals surface area (Å²) in [6.07, 6.45) is 4.67. The predicted octanol–water partition coefficient (Wildman–Crippen LogP) is 6.44. The zero-order valence-corrected chi connectivity index (χ0v) is 24.3. The number of hydrogen-bond acceptors (Lipinski definition) is 6. The summed E-state index contributed by atoms with van der Waals surface area (Å²) in [6, 6.07) is 14.9. The van der Waals surface area contributed by atoms with E-state index < -0.39 is 11.9 Å². The smallest absolute Gasteiger partial charge is 0.352 e. The number of nitrogens with zero attached hydrogens (tertiary/aromatic N) is 1. The first-order valence-corrected chi connectivity index (χ1v) is 13.7. The Morgan fingerprint density at radius 1 is 1.05 bits per heavy atom. The van der Waals surface area contributed by atoms with E-state index in [1.807, 2.05) is 49.5 Å². The van der Waals surface area contributed by atoms with Gasteiger partial charge in [0.25, 0.3) is 0 Å². The van der Waals surface area contributed by atoms with E-state index in [0.29, 0.717) is 10.9 Å². The lowest BCUT2D eigenvalue weighted by atomic mass is 10.2. The van der Waals surface area contributed by atoms with Crippen LogP contribution >= 0.6 is 43.2 Å². The number of aryl methyl sites for hydroxylation is 1. The van der Waals surface area contributed by atoms with Crippen LogP contribution in [0.25, 0.3) is 21.0 Å². The molecule has 3 aromatic heterocycles. The summed E-state index contributed by atoms with van der Waals surface area (Å²) in [4.78, 5) is 24.5. The van der Waals surface area contributed by atoms with Crippen LogP contribution in [0.4, 0.5) is 0 Å². The number of hydrogen-bond donors (Lipinski definition) is 5. The fourth-order valence-electron chi connectivity index (χ4n) is 3.19. The van der Waals surface area contributed by atoms with Gasteiger partial charge in [-0.1, -0.05) is 44.0 Å². The number of halogens is 2. The summed E-state index contributed by atoms with van der Waals surface area (Å²) in [5.74, 6) is -1.80. The van der Waals surface area contributed by atoms with Gasteiger partial charge in [0.2, 0.25) is 0 Å². The van der Waals surface area contributed by atoms with Crippen molar-refractivity contribution in [1.29, 1.82) is 0 Å². The van der Waals surface area contributed by atoms with Crippen LogP contribution in [-0.4, -0.2) is 56.6 Å². The molecule has 1 saturated heterocycles. The highest BCUT2D eigenvalue weighted by Crippen LogP contribution is 2.28. The number of benzene rings is 2. The predicted molar refractivity (Wildman–Crippen MR) is 156 cm³/mol. The quantitative estimate of drug-likeness (QED) is 0.145. The summed E-state index contributed by atoms with van der Waals surface area (Å²) >= 11 is 7.94. The van der Waals surface area contributed by atoms with Crippen molar-refractivity contribution in [3.8, 4) is 0 Å². The summed E-state index contributed by atoms with van der Waals surface area (Å²) in [7, 11) is 0. The minimum absolute atomic E-state index is 0.216. The van der Waals surface area contributed by atoms with E-state index in [1.54, 1.807) is 18.3 Å². The van der Waals surface area contributed by atoms with E-state index >= 15 is 0 Å². The van der Waals surface area contributed by atoms with Gasteiger partial charge < -0.3 is 25.7 Å². The second kappa shape index (κ2) is 14.2. The standard InChI is InChI=1S/C9H6BrNO2.C9H5BrO2S.C4H6N2.C4H9NO/c10-6-2-1-5-3-8(9(12)13)11-7(5)4-6;10-6-2-1-5-3-8(9(11)12)13-7(5)4-6;1-4-2-5-6-3-4;5-4-1-2-6-3-4/h1-4,11H,(H,12,13);1-4H,(H,11,12);2-3H,1H3,(H,5,6);4H,1-3,5H2. The van der Waals surface area contributed by atoms with Crippen molar-refractivity contribution >= 4 is 76.1 Å². The van der Waals surface area contributed by atoms with E-state index in [9.17, 15) is 9.59 Å². The topological polar surface area (TPSA) is 154 Å². The van der Waals surface area contributed by atoms with Crippen molar-refractivity contribution in [1.82, 2.24) is 15.2 Å². The third kappa shape index (κ3) is 9.07. The maximum Gasteiger partial charge on any atom is 0.352 e. The Balaban J connectivity index is 0.000000149. The van der Waals surface area contributed by atoms with Crippen molar-refractivity contribution in [2.24, 2.45) is 5.73 Å². The number of nitrogens with one attached hydrogen (secondary N) is 2. The van der Waals surface area contributed by atoms with Crippen LogP contribution in [0.2, 0.25) is 0 Å². The molecule has 4 heterocycles. The number of aromatic nitrogens is 3. The molecule has 12 heteroatoms. The second-order valence-electron chi connectivity index (χ2n) is 8.22. The largest absolute Gasteiger partial charge is 0.477 e. The first kappa shape index (κ1) is 29.5. The van der Waals surface area contributed by atoms with Crippen molar-refractivity contribution in [2.45, 2.75) is 19.4 Å². The highest BCUT2D eigenvalue weighted by atomic mass is 79.9. The molecule has 6 rings (SSSR count). The van der Waals surface area contributed by atoms with Gasteiger partial charge in [-0.25, -0.2) is 9.59 Å². The molecule has 0 saturated carbocycles. The minimum Gasteiger partial charge on any atom is -0.477 e. The van der Waals surface area contributed by atoms with Gasteiger partial charge in [0.05, 0.1) is 12.8 Å². The molecule has 38 heavy (non-hydrogen) atoms. The van der Waals surface area contributed by atoms with E-state index in [4.69, 9.17) is 20.7 Å². The molecule has 5 aromatic rings. The summed E-state index contributed by atoms with van der Waals surface area (Å²) in [5.41, 5.74) is 7.63. The Hall–Kier alpha value is -3.03. The SMILES string of the molecule is Cc1cn[nH]c1.NC1CCOC1.O=C(O)c1cc2ccc(Br)cc2[nH]1.O=C(O)c1cc2ccc(Br)cc2s1. The van der Waals surface area contributed by atoms with Crippen LogP contribution < -0.4 is 5.73 Å². The number of carbonyl (C=O) groups is 2. The molecule has 1 aliphatic rings. The van der Waals surface area contributed by atoms with Crippen molar-refractivity contribution < 1.29 is 24.5 Å². The lowest BCUT2D eigenvalue weighted by Crippen LogP contribution is -2.18. The van der Waals surface area contributed by atoms with Gasteiger partial charge in [-0.2, -0.15) is 5.10 Å². The van der Waals surface area contributed by atoms with Gasteiger partial charge in [-0.05, 0) is 60.7 Å². The molecule has 0 radical (unpaired) electrons. The number of aromatic amines is 2. The highest BCUT2D eigenvalue weighted by Gasteiger charge is 2.09. The van der Waals surface area contributed by atoms with Gasteiger partial charge in [0.15, 0.2) is 0 Å². The number of nitrogens with two attached hydrogens (primary N) is 1. The van der Waals surface area contributed by atoms with Gasteiger partial charge in [0, 0.05) is 43.4 Å². The van der Waals surface area contributed by atoms with Gasteiger partial charge in [-0.15, -0.1) is 11.3 Å². The number of aromatic carboxylic acids is 2. The minimum atomic E-state index is -0.938. The molecular formula is C26H26Br2N4O5S. The number of thiophene rings is 1. The number of fused-ring (bicyclic) bond motifs is 2. The Labute approximate surface area is 239 Å². The average Bonchev–Trinajstić information content (AvgIpc) is 3.67. The lowest BCUT2D eigenvalue weighted by molar-refractivity contribution is 0.0685. The fraction of sp³-hybridized carbons (Fsp3) is 0.192. The number of carboxylic acid groups (broad SMARTS) is 2. The summed E-state index contributed by atoms with van der Waals surface area (Å²) < 4.78 is 7.82. The van der Waals surface area contributed by atoms with Gasteiger partial charge >= 0.3 is 11.9 Å². The monoisotopic (exact) mass is 664 g/mol. The van der Waals surface area contributed by atoms with Gasteiger partial charge in [0.1, 0.15) is 10.6 Å². The van der Waals surface area contributed by atoms with E-state index in [0.717, 1.165) is 49.6 Å². The highest BCUT2D eigenvalue weighted by molar-refractivity contribution is 9.10. The summed E-state index contributed by atoms with van der Waals surface area (Å²) in [6.45, 7) is 3.62. The molecule has 0 aliphatic carbocycles. The number of H-pyrrole nitrogens is 2. The zero-order valence-electron chi connectivity index (χ0n) is 20.3. The van der Waals surface area contributed by atoms with Crippen LogP contribution in [0.5, 0.6) is 0 Å². The molecule has 6 N–H and O–H groups in total. The summed E-state index contributed by atoms with van der Waals surface area (Å²) in [5, 5.41) is 25.7. The molecule has 1 atom stereocenters.